The molecular formula is C10H11F2N3. The van der Waals surface area contributed by atoms with Gasteiger partial charge in [-0.05, 0) is 25.1 Å². The van der Waals surface area contributed by atoms with Crippen LogP contribution in [0.3, 0.4) is 0 Å². The summed E-state index contributed by atoms with van der Waals surface area (Å²) < 4.78 is 26.5. The summed E-state index contributed by atoms with van der Waals surface area (Å²) in [6, 6.07) is 3.35. The van der Waals surface area contributed by atoms with Crippen LogP contribution in [0.15, 0.2) is 23.2 Å². The number of halogens is 2. The fourth-order valence-electron chi connectivity index (χ4n) is 1.68. The molecule has 80 valence electrons. The van der Waals surface area contributed by atoms with Crippen molar-refractivity contribution in [3.8, 4) is 0 Å². The van der Waals surface area contributed by atoms with Gasteiger partial charge in [-0.15, -0.1) is 0 Å². The second kappa shape index (κ2) is 3.18. The van der Waals surface area contributed by atoms with Crippen molar-refractivity contribution in [3.05, 3.63) is 35.4 Å². The number of nitrogens with zero attached hydrogens (tertiary/aromatic N) is 1. The van der Waals surface area contributed by atoms with Crippen molar-refractivity contribution in [1.29, 1.82) is 0 Å². The van der Waals surface area contributed by atoms with Crippen LogP contribution in [-0.2, 0) is 5.54 Å². The van der Waals surface area contributed by atoms with Crippen molar-refractivity contribution in [2.75, 3.05) is 6.54 Å². The SMILES string of the molecule is CC1(c2cc(F)ccc2F)CN=C(N)N1. The van der Waals surface area contributed by atoms with E-state index >= 15 is 0 Å². The minimum atomic E-state index is -0.754. The van der Waals surface area contributed by atoms with Crippen molar-refractivity contribution in [2.24, 2.45) is 10.7 Å². The zero-order chi connectivity index (χ0) is 11.1. The van der Waals surface area contributed by atoms with Crippen molar-refractivity contribution < 1.29 is 8.78 Å². The molecule has 1 atom stereocenters. The van der Waals surface area contributed by atoms with E-state index in [1.807, 2.05) is 0 Å². The normalized spacial score (nSPS) is 24.9. The molecular weight excluding hydrogens is 200 g/mol. The largest absolute Gasteiger partial charge is 0.370 e. The lowest BCUT2D eigenvalue weighted by Gasteiger charge is -2.25. The van der Waals surface area contributed by atoms with E-state index in [0.717, 1.165) is 18.2 Å². The first-order chi connectivity index (χ1) is 7.01. The number of hydrogen-bond donors (Lipinski definition) is 2. The zero-order valence-electron chi connectivity index (χ0n) is 8.22. The van der Waals surface area contributed by atoms with Crippen molar-refractivity contribution in [2.45, 2.75) is 12.5 Å². The third-order valence-electron chi connectivity index (χ3n) is 2.49. The number of nitrogens with one attached hydrogen (secondary N) is 1. The molecule has 0 aliphatic carbocycles. The van der Waals surface area contributed by atoms with E-state index in [9.17, 15) is 8.78 Å². The third kappa shape index (κ3) is 1.65. The van der Waals surface area contributed by atoms with Crippen molar-refractivity contribution in [1.82, 2.24) is 5.32 Å². The highest BCUT2D eigenvalue weighted by molar-refractivity contribution is 5.81. The van der Waals surface area contributed by atoms with Gasteiger partial charge >= 0.3 is 0 Å². The van der Waals surface area contributed by atoms with Gasteiger partial charge in [0.2, 0.25) is 0 Å². The monoisotopic (exact) mass is 211 g/mol. The van der Waals surface area contributed by atoms with Crippen LogP contribution in [0.2, 0.25) is 0 Å². The quantitative estimate of drug-likeness (QED) is 0.730. The molecule has 5 heteroatoms. The zero-order valence-corrected chi connectivity index (χ0v) is 8.22. The summed E-state index contributed by atoms with van der Waals surface area (Å²) in [6.45, 7) is 2.04. The Labute approximate surface area is 86.0 Å². The first kappa shape index (κ1) is 9.89. The number of aliphatic imine (C=N–C) groups is 1. The molecule has 0 radical (unpaired) electrons. The predicted octanol–water partition coefficient (Wildman–Crippen LogP) is 1.10. The Bertz CT molecular complexity index is 431. The summed E-state index contributed by atoms with van der Waals surface area (Å²) in [6.07, 6.45) is 0. The minimum absolute atomic E-state index is 0.242. The Hall–Kier alpha value is -1.65. The highest BCUT2D eigenvalue weighted by atomic mass is 19.1. The van der Waals surface area contributed by atoms with E-state index in [0.29, 0.717) is 6.54 Å². The Morgan fingerprint density at radius 3 is 2.80 bits per heavy atom. The number of benzene rings is 1. The molecule has 1 aromatic rings. The maximum absolute atomic E-state index is 13.5. The van der Waals surface area contributed by atoms with Crippen molar-refractivity contribution in [3.63, 3.8) is 0 Å². The van der Waals surface area contributed by atoms with Gasteiger partial charge < -0.3 is 11.1 Å². The number of guanidine groups is 1. The van der Waals surface area contributed by atoms with Gasteiger partial charge in [0.05, 0.1) is 12.1 Å². The van der Waals surface area contributed by atoms with Crippen LogP contribution in [0.4, 0.5) is 8.78 Å². The molecule has 15 heavy (non-hydrogen) atoms. The van der Waals surface area contributed by atoms with Gasteiger partial charge in [0.1, 0.15) is 11.6 Å². The van der Waals surface area contributed by atoms with E-state index in [2.05, 4.69) is 10.3 Å². The van der Waals surface area contributed by atoms with Crippen molar-refractivity contribution >= 4 is 5.96 Å². The fraction of sp³-hybridized carbons (Fsp3) is 0.300. The van der Waals surface area contributed by atoms with Crippen LogP contribution in [0.1, 0.15) is 12.5 Å². The molecule has 0 saturated heterocycles. The number of rotatable bonds is 1. The van der Waals surface area contributed by atoms with Crippen LogP contribution in [0.25, 0.3) is 0 Å². The first-order valence-electron chi connectivity index (χ1n) is 4.55. The lowest BCUT2D eigenvalue weighted by atomic mass is 9.92. The molecule has 0 aromatic heterocycles. The molecule has 1 aliphatic rings. The van der Waals surface area contributed by atoms with Gasteiger partial charge in [-0.2, -0.15) is 0 Å². The Morgan fingerprint density at radius 1 is 1.47 bits per heavy atom. The molecule has 2 rings (SSSR count). The molecule has 0 amide bonds. The van der Waals surface area contributed by atoms with Crippen LogP contribution in [-0.4, -0.2) is 12.5 Å². The average Bonchev–Trinajstić information content (AvgIpc) is 2.52. The Balaban J connectivity index is 2.42. The molecule has 0 fully saturated rings. The molecule has 1 heterocycles. The molecule has 0 bridgehead atoms. The number of hydrogen-bond acceptors (Lipinski definition) is 3. The van der Waals surface area contributed by atoms with Gasteiger partial charge in [0, 0.05) is 5.56 Å². The molecule has 3 N–H and O–H groups in total. The fourth-order valence-corrected chi connectivity index (χ4v) is 1.68. The summed E-state index contributed by atoms with van der Waals surface area (Å²) in [7, 11) is 0. The van der Waals surface area contributed by atoms with Gasteiger partial charge in [0.15, 0.2) is 5.96 Å². The smallest absolute Gasteiger partial charge is 0.189 e. The standard InChI is InChI=1S/C10H11F2N3/c1-10(5-14-9(13)15-10)7-4-6(11)2-3-8(7)12/h2-4H,5H2,1H3,(H3,13,14,15). The average molecular weight is 211 g/mol. The van der Waals surface area contributed by atoms with Crippen LogP contribution >= 0.6 is 0 Å². The van der Waals surface area contributed by atoms with Gasteiger partial charge in [0.25, 0.3) is 0 Å². The summed E-state index contributed by atoms with van der Waals surface area (Å²) >= 11 is 0. The lowest BCUT2D eigenvalue weighted by Crippen LogP contribution is -2.43. The van der Waals surface area contributed by atoms with Crippen LogP contribution < -0.4 is 11.1 Å². The summed E-state index contributed by atoms with van der Waals surface area (Å²) in [5.41, 5.74) is 4.95. The van der Waals surface area contributed by atoms with E-state index in [-0.39, 0.29) is 11.5 Å². The van der Waals surface area contributed by atoms with Gasteiger partial charge in [-0.3, -0.25) is 4.99 Å². The third-order valence-corrected chi connectivity index (χ3v) is 2.49. The molecule has 1 aliphatic heterocycles. The van der Waals surface area contributed by atoms with E-state index in [4.69, 9.17) is 5.73 Å². The molecule has 1 aromatic carbocycles. The molecule has 1 unspecified atom stereocenters. The van der Waals surface area contributed by atoms with E-state index in [1.54, 1.807) is 6.92 Å². The molecule has 0 spiro atoms. The Morgan fingerprint density at radius 2 is 2.20 bits per heavy atom. The maximum atomic E-state index is 13.5. The van der Waals surface area contributed by atoms with E-state index < -0.39 is 17.2 Å². The lowest BCUT2D eigenvalue weighted by molar-refractivity contribution is 0.443. The second-order valence-corrected chi connectivity index (χ2v) is 3.78. The van der Waals surface area contributed by atoms with Gasteiger partial charge in [-0.25, -0.2) is 8.78 Å². The minimum Gasteiger partial charge on any atom is -0.370 e. The van der Waals surface area contributed by atoms with Crippen LogP contribution in [0.5, 0.6) is 0 Å². The van der Waals surface area contributed by atoms with Gasteiger partial charge in [-0.1, -0.05) is 0 Å². The molecule has 0 saturated carbocycles. The highest BCUT2D eigenvalue weighted by Gasteiger charge is 2.34. The molecule has 3 nitrogen and oxygen atoms in total. The topological polar surface area (TPSA) is 50.4 Å². The predicted molar refractivity (Wildman–Crippen MR) is 53.3 cm³/mol. The van der Waals surface area contributed by atoms with Crippen LogP contribution in [0, 0.1) is 11.6 Å². The van der Waals surface area contributed by atoms with E-state index in [1.165, 1.54) is 0 Å². The first-order valence-corrected chi connectivity index (χ1v) is 4.55. The summed E-state index contributed by atoms with van der Waals surface area (Å²) in [5.74, 6) is -0.683. The summed E-state index contributed by atoms with van der Waals surface area (Å²) in [5, 5.41) is 2.84. The second-order valence-electron chi connectivity index (χ2n) is 3.78. The number of nitrogens with two attached hydrogens (primary N) is 1. The maximum Gasteiger partial charge on any atom is 0.189 e. The summed E-state index contributed by atoms with van der Waals surface area (Å²) in [4.78, 5) is 3.93. The highest BCUT2D eigenvalue weighted by Crippen LogP contribution is 2.27. The Kier molecular flexibility index (Phi) is 2.10.